The molecule has 2 amide bonds. The highest BCUT2D eigenvalue weighted by molar-refractivity contribution is 5.87. The van der Waals surface area contributed by atoms with Crippen LogP contribution in [0.2, 0.25) is 0 Å². The van der Waals surface area contributed by atoms with Crippen LogP contribution in [0.25, 0.3) is 11.5 Å². The van der Waals surface area contributed by atoms with E-state index in [0.717, 1.165) is 18.5 Å². The first-order valence-corrected chi connectivity index (χ1v) is 13.3. The highest BCUT2D eigenvalue weighted by Crippen LogP contribution is 2.29. The number of aromatic nitrogens is 2. The van der Waals surface area contributed by atoms with Crippen LogP contribution in [0.3, 0.4) is 0 Å². The second-order valence-corrected chi connectivity index (χ2v) is 9.54. The molecule has 0 saturated heterocycles. The number of benzene rings is 1. The molecular formula is C28H37N7O4. The van der Waals surface area contributed by atoms with E-state index in [-0.39, 0.29) is 30.8 Å². The molecule has 2 aliphatic rings. The first kappa shape index (κ1) is 27.9. The van der Waals surface area contributed by atoms with E-state index in [4.69, 9.17) is 4.42 Å². The number of aryl methyl sites for hydroxylation is 2. The second kappa shape index (κ2) is 12.6. The number of amides is 2. The molecule has 1 aromatic heterocycles. The Kier molecular flexibility index (Phi) is 9.03. The lowest BCUT2D eigenvalue weighted by Gasteiger charge is -2.32. The van der Waals surface area contributed by atoms with Gasteiger partial charge in [-0.05, 0) is 55.7 Å². The number of allylic oxidation sites excluding steroid dienone is 3. The predicted molar refractivity (Wildman–Crippen MR) is 150 cm³/mol. The van der Waals surface area contributed by atoms with E-state index in [1.54, 1.807) is 17.0 Å². The van der Waals surface area contributed by atoms with Crippen molar-refractivity contribution in [2.24, 2.45) is 0 Å². The van der Waals surface area contributed by atoms with Crippen LogP contribution < -0.4 is 21.3 Å². The summed E-state index contributed by atoms with van der Waals surface area (Å²) in [5, 5.41) is 13.9. The highest BCUT2D eigenvalue weighted by Gasteiger charge is 2.26. The van der Waals surface area contributed by atoms with Crippen LogP contribution >= 0.6 is 0 Å². The molecule has 0 atom stereocenters. The molecule has 0 bridgehead atoms. The maximum atomic E-state index is 13.5. The minimum Gasteiger partial charge on any atom is -0.388 e. The van der Waals surface area contributed by atoms with E-state index in [0.29, 0.717) is 37.4 Å². The lowest BCUT2D eigenvalue weighted by atomic mass is 10.0. The summed E-state index contributed by atoms with van der Waals surface area (Å²) < 4.78 is 6.60. The highest BCUT2D eigenvalue weighted by atomic mass is 16.4. The third-order valence-corrected chi connectivity index (χ3v) is 6.80. The van der Waals surface area contributed by atoms with Crippen LogP contribution in [0, 0.1) is 6.92 Å². The van der Waals surface area contributed by atoms with Gasteiger partial charge in [0.15, 0.2) is 0 Å². The molecular weight excluding hydrogens is 498 g/mol. The zero-order valence-electron chi connectivity index (χ0n) is 23.1. The standard InChI is InChI=1S/C28H37N7O4/c1-5-29-13-14-30-25(36)18-33(19-26(37)32(4)34-16-22-9-7-8-10-23(22)17-34)24-15-21(12-11-20(24)3)27-31-35(6-2)28(38)39-27/h7-9,11-12,15,17,29H,5-6,10,13-14,16,18-19H2,1-4H3,(H,30,36). The van der Waals surface area contributed by atoms with Crippen molar-refractivity contribution < 1.29 is 14.0 Å². The number of hydrazine groups is 1. The summed E-state index contributed by atoms with van der Waals surface area (Å²) in [6, 6.07) is 5.49. The number of anilines is 1. The molecule has 0 radical (unpaired) electrons. The summed E-state index contributed by atoms with van der Waals surface area (Å²) in [6.07, 6.45) is 9.06. The van der Waals surface area contributed by atoms with Crippen LogP contribution in [0.1, 0.15) is 25.8 Å². The number of fused-ring (bicyclic) bond motifs is 1. The normalized spacial score (nSPS) is 14.1. The fraction of sp³-hybridized carbons (Fsp3) is 0.429. The Bertz CT molecular complexity index is 1350. The van der Waals surface area contributed by atoms with Crippen molar-refractivity contribution in [2.45, 2.75) is 33.7 Å². The largest absolute Gasteiger partial charge is 0.437 e. The third kappa shape index (κ3) is 6.66. The van der Waals surface area contributed by atoms with E-state index in [9.17, 15) is 14.4 Å². The van der Waals surface area contributed by atoms with E-state index in [1.807, 2.05) is 56.3 Å². The van der Waals surface area contributed by atoms with Crippen molar-refractivity contribution in [3.8, 4) is 11.5 Å². The van der Waals surface area contributed by atoms with Gasteiger partial charge >= 0.3 is 5.76 Å². The Labute approximate surface area is 228 Å². The Hall–Kier alpha value is -4.12. The van der Waals surface area contributed by atoms with Crippen molar-refractivity contribution in [1.29, 1.82) is 0 Å². The van der Waals surface area contributed by atoms with E-state index < -0.39 is 5.76 Å². The van der Waals surface area contributed by atoms with Crippen molar-refractivity contribution in [3.05, 3.63) is 69.9 Å². The molecule has 11 nitrogen and oxygen atoms in total. The number of nitrogens with zero attached hydrogens (tertiary/aromatic N) is 5. The Morgan fingerprint density at radius 1 is 1.15 bits per heavy atom. The number of carbonyl (C=O) groups excluding carboxylic acids is 2. The molecule has 0 unspecified atom stereocenters. The van der Waals surface area contributed by atoms with Gasteiger partial charge in [-0.15, -0.1) is 5.10 Å². The summed E-state index contributed by atoms with van der Waals surface area (Å²) in [4.78, 5) is 40.2. The van der Waals surface area contributed by atoms with Crippen LogP contribution in [0.4, 0.5) is 5.69 Å². The first-order valence-electron chi connectivity index (χ1n) is 13.3. The zero-order valence-corrected chi connectivity index (χ0v) is 23.1. The SMILES string of the molecule is CCNCCNC(=O)CN(CC(=O)N(C)N1C=C2CC=CC=C2C1)c1cc(-c2nn(CC)c(=O)o2)ccc1C. The molecule has 1 aliphatic carbocycles. The molecule has 4 rings (SSSR count). The van der Waals surface area contributed by atoms with Crippen molar-refractivity contribution in [2.75, 3.05) is 51.2 Å². The molecule has 2 aromatic rings. The van der Waals surface area contributed by atoms with Gasteiger partial charge < -0.3 is 20.0 Å². The fourth-order valence-electron chi connectivity index (χ4n) is 4.54. The van der Waals surface area contributed by atoms with E-state index in [2.05, 4.69) is 27.9 Å². The first-order chi connectivity index (χ1) is 18.8. The van der Waals surface area contributed by atoms with Crippen molar-refractivity contribution >= 4 is 17.5 Å². The molecule has 1 aromatic carbocycles. The summed E-state index contributed by atoms with van der Waals surface area (Å²) >= 11 is 0. The van der Waals surface area contributed by atoms with E-state index in [1.165, 1.54) is 15.8 Å². The summed E-state index contributed by atoms with van der Waals surface area (Å²) in [6.45, 7) is 8.67. The number of rotatable bonds is 12. The van der Waals surface area contributed by atoms with E-state index >= 15 is 0 Å². The van der Waals surface area contributed by atoms with Gasteiger partial charge in [0, 0.05) is 44.1 Å². The molecule has 11 heteroatoms. The average molecular weight is 536 g/mol. The van der Waals surface area contributed by atoms with Crippen molar-refractivity contribution in [3.63, 3.8) is 0 Å². The number of likely N-dealkylation sites (N-methyl/N-ethyl adjacent to an activating group) is 2. The summed E-state index contributed by atoms with van der Waals surface area (Å²) in [5.74, 6) is -0.699. The fourth-order valence-corrected chi connectivity index (χ4v) is 4.54. The minimum absolute atomic E-state index is 0.0144. The quantitative estimate of drug-likeness (QED) is 0.396. The van der Waals surface area contributed by atoms with Crippen LogP contribution in [0.15, 0.2) is 63.0 Å². The van der Waals surface area contributed by atoms with Crippen LogP contribution in [-0.4, -0.2) is 77.9 Å². The van der Waals surface area contributed by atoms with Gasteiger partial charge in [-0.3, -0.25) is 19.6 Å². The average Bonchev–Trinajstić information content (AvgIpc) is 3.53. The second-order valence-electron chi connectivity index (χ2n) is 9.54. The number of nitrogens with one attached hydrogen (secondary N) is 2. The topological polar surface area (TPSA) is 116 Å². The smallest absolute Gasteiger partial charge is 0.388 e. The Morgan fingerprint density at radius 3 is 2.69 bits per heavy atom. The number of hydrogen-bond acceptors (Lipinski definition) is 8. The van der Waals surface area contributed by atoms with Gasteiger partial charge in [-0.1, -0.05) is 31.2 Å². The third-order valence-electron chi connectivity index (χ3n) is 6.80. The van der Waals surface area contributed by atoms with Gasteiger partial charge in [0.25, 0.3) is 5.91 Å². The Morgan fingerprint density at radius 2 is 1.97 bits per heavy atom. The molecule has 208 valence electrons. The maximum absolute atomic E-state index is 13.5. The molecule has 39 heavy (non-hydrogen) atoms. The number of carbonyl (C=O) groups is 2. The predicted octanol–water partition coefficient (Wildman–Crippen LogP) is 1.82. The minimum atomic E-state index is -0.533. The molecule has 2 N–H and O–H groups in total. The van der Waals surface area contributed by atoms with Gasteiger partial charge in [-0.2, -0.15) is 4.68 Å². The van der Waals surface area contributed by atoms with Gasteiger partial charge in [0.1, 0.15) is 0 Å². The Balaban J connectivity index is 1.57. The lowest BCUT2D eigenvalue weighted by Crippen LogP contribution is -2.48. The molecule has 0 fully saturated rings. The van der Waals surface area contributed by atoms with Crippen LogP contribution in [-0.2, 0) is 16.1 Å². The number of hydrogen-bond donors (Lipinski definition) is 2. The molecule has 0 spiro atoms. The molecule has 1 aliphatic heterocycles. The van der Waals surface area contributed by atoms with Gasteiger partial charge in [0.2, 0.25) is 11.8 Å². The van der Waals surface area contributed by atoms with Crippen LogP contribution in [0.5, 0.6) is 0 Å². The molecule has 2 heterocycles. The summed E-state index contributed by atoms with van der Waals surface area (Å²) in [5.41, 5.74) is 4.55. The zero-order chi connectivity index (χ0) is 27.9. The monoisotopic (exact) mass is 535 g/mol. The van der Waals surface area contributed by atoms with Gasteiger partial charge in [-0.25, -0.2) is 4.79 Å². The lowest BCUT2D eigenvalue weighted by molar-refractivity contribution is -0.139. The summed E-state index contributed by atoms with van der Waals surface area (Å²) in [7, 11) is 1.74. The van der Waals surface area contributed by atoms with Crippen molar-refractivity contribution in [1.82, 2.24) is 30.4 Å². The van der Waals surface area contributed by atoms with Gasteiger partial charge in [0.05, 0.1) is 19.6 Å². The molecule has 0 saturated carbocycles. The maximum Gasteiger partial charge on any atom is 0.437 e.